The molecule has 0 bridgehead atoms. The van der Waals surface area contributed by atoms with Crippen molar-refractivity contribution in [3.05, 3.63) is 58.9 Å². The van der Waals surface area contributed by atoms with Gasteiger partial charge in [0.25, 0.3) is 0 Å². The first-order valence-corrected chi connectivity index (χ1v) is 9.04. The number of Topliss-reactive ketones (excluding diaryl/α,β-unsaturated/α-hetero) is 1. The first-order valence-electron chi connectivity index (χ1n) is 8.66. The molecular weight excluding hydrogens is 368 g/mol. The van der Waals surface area contributed by atoms with Gasteiger partial charge >= 0.3 is 6.03 Å². The van der Waals surface area contributed by atoms with E-state index >= 15 is 0 Å². The van der Waals surface area contributed by atoms with Crippen LogP contribution in [0.4, 0.5) is 10.5 Å². The fraction of sp³-hybridized carbons (Fsp3) is 0.316. The van der Waals surface area contributed by atoms with Gasteiger partial charge in [0.1, 0.15) is 0 Å². The van der Waals surface area contributed by atoms with E-state index in [-0.39, 0.29) is 24.9 Å². The summed E-state index contributed by atoms with van der Waals surface area (Å²) in [6.45, 7) is 2.30. The van der Waals surface area contributed by atoms with Gasteiger partial charge in [0.15, 0.2) is 5.78 Å². The summed E-state index contributed by atoms with van der Waals surface area (Å²) in [5.41, 5.74) is 7.17. The van der Waals surface area contributed by atoms with Crippen molar-refractivity contribution in [3.63, 3.8) is 0 Å². The molecule has 2 heterocycles. The maximum atomic E-state index is 13.1. The molecule has 142 valence electrons. The van der Waals surface area contributed by atoms with Gasteiger partial charge in [-0.25, -0.2) is 4.79 Å². The molecule has 8 heteroatoms. The minimum Gasteiger partial charge on any atom is -0.378 e. The number of hydrogen-bond donors (Lipinski definition) is 1. The van der Waals surface area contributed by atoms with Crippen LogP contribution in [0.3, 0.4) is 0 Å². The molecule has 27 heavy (non-hydrogen) atoms. The molecule has 2 N–H and O–H groups in total. The third-order valence-corrected chi connectivity index (χ3v) is 4.52. The summed E-state index contributed by atoms with van der Waals surface area (Å²) in [5, 5.41) is 0.545. The predicted molar refractivity (Wildman–Crippen MR) is 103 cm³/mol. The lowest BCUT2D eigenvalue weighted by molar-refractivity contribution is 0.0548. The van der Waals surface area contributed by atoms with Crippen molar-refractivity contribution in [2.75, 3.05) is 37.7 Å². The van der Waals surface area contributed by atoms with E-state index in [1.807, 2.05) is 6.07 Å². The number of carbonyl (C=O) groups is 2. The summed E-state index contributed by atoms with van der Waals surface area (Å²) in [4.78, 5) is 32.4. The zero-order valence-corrected chi connectivity index (χ0v) is 15.6. The number of hydrogen-bond acceptors (Lipinski definition) is 5. The summed E-state index contributed by atoms with van der Waals surface area (Å²) in [6.07, 6.45) is 1.49. The van der Waals surface area contributed by atoms with E-state index in [2.05, 4.69) is 4.98 Å². The Hall–Kier alpha value is -2.48. The molecule has 2 amide bonds. The van der Waals surface area contributed by atoms with Crippen molar-refractivity contribution >= 4 is 29.1 Å². The molecule has 1 fully saturated rings. The summed E-state index contributed by atoms with van der Waals surface area (Å²) in [5.74, 6) is -0.176. The molecule has 0 unspecified atom stereocenters. The molecule has 0 radical (unpaired) electrons. The second-order valence-corrected chi connectivity index (χ2v) is 6.55. The fourth-order valence-corrected chi connectivity index (χ4v) is 2.99. The Morgan fingerprint density at radius 3 is 2.63 bits per heavy atom. The SMILES string of the molecule is NCC(=O)c1ccc(CN(C(=O)N2CCOCC2)c2cccc(Cl)c2)nc1. The van der Waals surface area contributed by atoms with Crippen LogP contribution in [-0.2, 0) is 11.3 Å². The lowest BCUT2D eigenvalue weighted by Crippen LogP contribution is -2.48. The Labute approximate surface area is 162 Å². The van der Waals surface area contributed by atoms with Gasteiger partial charge < -0.3 is 15.4 Å². The summed E-state index contributed by atoms with van der Waals surface area (Å²) in [7, 11) is 0. The van der Waals surface area contributed by atoms with Gasteiger partial charge in [-0.3, -0.25) is 14.7 Å². The van der Waals surface area contributed by atoms with Crippen LogP contribution in [0.2, 0.25) is 5.02 Å². The van der Waals surface area contributed by atoms with Crippen LogP contribution >= 0.6 is 11.6 Å². The number of nitrogens with two attached hydrogens (primary N) is 1. The van der Waals surface area contributed by atoms with Gasteiger partial charge in [0.05, 0.1) is 32.0 Å². The van der Waals surface area contributed by atoms with Gasteiger partial charge in [-0.2, -0.15) is 0 Å². The Balaban J connectivity index is 1.85. The number of pyridine rings is 1. The number of anilines is 1. The van der Waals surface area contributed by atoms with Crippen LogP contribution in [0.15, 0.2) is 42.6 Å². The Bertz CT molecular complexity index is 807. The minimum absolute atomic E-state index is 0.0643. The average Bonchev–Trinajstić information content (AvgIpc) is 2.72. The number of ketones is 1. The molecule has 1 aliphatic heterocycles. The molecule has 1 aliphatic rings. The first-order chi connectivity index (χ1) is 13.1. The number of morpholine rings is 1. The van der Waals surface area contributed by atoms with Crippen molar-refractivity contribution in [2.24, 2.45) is 5.73 Å². The lowest BCUT2D eigenvalue weighted by Gasteiger charge is -2.33. The molecule has 1 aromatic heterocycles. The van der Waals surface area contributed by atoms with Crippen molar-refractivity contribution in [1.82, 2.24) is 9.88 Å². The highest BCUT2D eigenvalue weighted by Gasteiger charge is 2.25. The predicted octanol–water partition coefficient (Wildman–Crippen LogP) is 2.34. The van der Waals surface area contributed by atoms with Gasteiger partial charge in [-0.1, -0.05) is 17.7 Å². The number of ether oxygens (including phenoxy) is 1. The fourth-order valence-electron chi connectivity index (χ4n) is 2.80. The maximum Gasteiger partial charge on any atom is 0.325 e. The van der Waals surface area contributed by atoms with E-state index in [4.69, 9.17) is 22.1 Å². The van der Waals surface area contributed by atoms with E-state index in [0.29, 0.717) is 48.3 Å². The molecule has 3 rings (SSSR count). The van der Waals surface area contributed by atoms with Crippen molar-refractivity contribution in [2.45, 2.75) is 6.54 Å². The minimum atomic E-state index is -0.176. The zero-order valence-electron chi connectivity index (χ0n) is 14.8. The quantitative estimate of drug-likeness (QED) is 0.794. The number of urea groups is 1. The lowest BCUT2D eigenvalue weighted by atomic mass is 10.1. The van der Waals surface area contributed by atoms with Gasteiger partial charge in [-0.15, -0.1) is 0 Å². The second kappa shape index (κ2) is 8.94. The number of halogens is 1. The standard InChI is InChI=1S/C19H21ClN4O3/c20-15-2-1-3-17(10-15)24(19(26)23-6-8-27-9-7-23)13-16-5-4-14(12-22-16)18(25)11-21/h1-5,10,12H,6-9,11,13,21H2. The van der Waals surface area contributed by atoms with E-state index < -0.39 is 0 Å². The highest BCUT2D eigenvalue weighted by atomic mass is 35.5. The Morgan fingerprint density at radius 1 is 1.22 bits per heavy atom. The molecule has 1 saturated heterocycles. The maximum absolute atomic E-state index is 13.1. The summed E-state index contributed by atoms with van der Waals surface area (Å²) in [6, 6.07) is 10.4. The number of rotatable bonds is 5. The van der Waals surface area contributed by atoms with Crippen LogP contribution in [0.5, 0.6) is 0 Å². The summed E-state index contributed by atoms with van der Waals surface area (Å²) >= 11 is 6.12. The normalized spacial score (nSPS) is 14.1. The average molecular weight is 389 g/mol. The molecule has 0 saturated carbocycles. The van der Waals surface area contributed by atoms with E-state index in [0.717, 1.165) is 0 Å². The monoisotopic (exact) mass is 388 g/mol. The van der Waals surface area contributed by atoms with E-state index in [1.54, 1.807) is 40.1 Å². The molecule has 0 spiro atoms. The van der Waals surface area contributed by atoms with Crippen LogP contribution in [0.25, 0.3) is 0 Å². The first kappa shape index (κ1) is 19.3. The number of benzene rings is 1. The van der Waals surface area contributed by atoms with Crippen molar-refractivity contribution < 1.29 is 14.3 Å². The second-order valence-electron chi connectivity index (χ2n) is 6.11. The van der Waals surface area contributed by atoms with E-state index in [9.17, 15) is 9.59 Å². The topological polar surface area (TPSA) is 88.8 Å². The Morgan fingerprint density at radius 2 is 2.00 bits per heavy atom. The molecular formula is C19H21ClN4O3. The van der Waals surface area contributed by atoms with Crippen LogP contribution in [0.1, 0.15) is 16.1 Å². The number of carbonyl (C=O) groups excluding carboxylic acids is 2. The third kappa shape index (κ3) is 4.82. The van der Waals surface area contributed by atoms with Crippen LogP contribution in [-0.4, -0.2) is 54.5 Å². The zero-order chi connectivity index (χ0) is 19.2. The summed E-state index contributed by atoms with van der Waals surface area (Å²) < 4.78 is 5.33. The molecule has 2 aromatic rings. The molecule has 0 aliphatic carbocycles. The third-order valence-electron chi connectivity index (χ3n) is 4.28. The Kier molecular flexibility index (Phi) is 6.39. The molecule has 7 nitrogen and oxygen atoms in total. The highest BCUT2D eigenvalue weighted by Crippen LogP contribution is 2.23. The highest BCUT2D eigenvalue weighted by molar-refractivity contribution is 6.30. The number of nitrogens with zero attached hydrogens (tertiary/aromatic N) is 3. The number of aromatic nitrogens is 1. The van der Waals surface area contributed by atoms with E-state index in [1.165, 1.54) is 6.20 Å². The van der Waals surface area contributed by atoms with Crippen LogP contribution in [0, 0.1) is 0 Å². The van der Waals surface area contributed by atoms with Crippen molar-refractivity contribution in [1.29, 1.82) is 0 Å². The van der Waals surface area contributed by atoms with Crippen molar-refractivity contribution in [3.8, 4) is 0 Å². The van der Waals surface area contributed by atoms with Crippen LogP contribution < -0.4 is 10.6 Å². The number of amides is 2. The van der Waals surface area contributed by atoms with Gasteiger partial charge in [0, 0.05) is 35.6 Å². The molecule has 1 aromatic carbocycles. The van der Waals surface area contributed by atoms with Gasteiger partial charge in [0.2, 0.25) is 0 Å². The smallest absolute Gasteiger partial charge is 0.325 e. The molecule has 0 atom stereocenters. The largest absolute Gasteiger partial charge is 0.378 e. The van der Waals surface area contributed by atoms with Gasteiger partial charge in [-0.05, 0) is 30.3 Å².